The van der Waals surface area contributed by atoms with Crippen molar-refractivity contribution in [2.24, 2.45) is 11.5 Å². The minimum absolute atomic E-state index is 0.746. The first kappa shape index (κ1) is 37.4. The maximum absolute atomic E-state index is 5.93. The van der Waals surface area contributed by atoms with Gasteiger partial charge in [0.15, 0.2) is 0 Å². The summed E-state index contributed by atoms with van der Waals surface area (Å²) in [6.07, 6.45) is 9.10. The van der Waals surface area contributed by atoms with Gasteiger partial charge < -0.3 is 31.9 Å². The van der Waals surface area contributed by atoms with E-state index >= 15 is 0 Å². The van der Waals surface area contributed by atoms with Crippen LogP contribution in [0.2, 0.25) is 0 Å². The van der Waals surface area contributed by atoms with Gasteiger partial charge in [-0.25, -0.2) is 9.97 Å². The zero-order valence-corrected chi connectivity index (χ0v) is 30.9. The van der Waals surface area contributed by atoms with Crippen LogP contribution in [0.1, 0.15) is 51.4 Å². The zero-order chi connectivity index (χ0) is 35.8. The maximum Gasteiger partial charge on any atom is 0.0730 e. The molecule has 8 heteroatoms. The number of anilines is 2. The Morgan fingerprint density at radius 2 is 0.673 bits per heavy atom. The zero-order valence-electron chi connectivity index (χ0n) is 30.9. The largest absolute Gasteiger partial charge is 0.384 e. The summed E-state index contributed by atoms with van der Waals surface area (Å²) in [7, 11) is 0. The quantitative estimate of drug-likeness (QED) is 0.0392. The summed E-state index contributed by atoms with van der Waals surface area (Å²) in [5, 5.41) is 12.3. The van der Waals surface area contributed by atoms with Gasteiger partial charge in [-0.05, 0) is 128 Å². The van der Waals surface area contributed by atoms with Crippen molar-refractivity contribution >= 4 is 55.0 Å². The molecule has 8 nitrogen and oxygen atoms in total. The molecule has 2 aromatic heterocycles. The standard InChI is InChI=1S/C44H58N8/c45-25-15-33-51(29-11-9-27-47-43-35-17-1-5-21-39(35)49-40-22-6-2-18-36(40)43)31-13-14-32-52(34-16-26-46)30-12-10-28-48-44-37-19-3-7-23-41(37)50-42-24-8-4-20-38(42)44/h1-8,17-24H,9-16,25-34,45-46H2,(H,47,49)(H,48,50). The Kier molecular flexibility index (Phi) is 14.4. The fraction of sp³-hybridized carbons (Fsp3) is 0.409. The molecule has 4 aromatic carbocycles. The van der Waals surface area contributed by atoms with Gasteiger partial charge in [0.1, 0.15) is 0 Å². The van der Waals surface area contributed by atoms with Crippen LogP contribution in [-0.2, 0) is 0 Å². The van der Waals surface area contributed by atoms with Crippen molar-refractivity contribution in [3.8, 4) is 0 Å². The minimum Gasteiger partial charge on any atom is -0.384 e. The molecule has 52 heavy (non-hydrogen) atoms. The molecule has 6 rings (SSSR count). The van der Waals surface area contributed by atoms with Crippen LogP contribution in [0.15, 0.2) is 97.1 Å². The first-order valence-corrected chi connectivity index (χ1v) is 19.6. The van der Waals surface area contributed by atoms with E-state index in [1.807, 2.05) is 0 Å². The Morgan fingerprint density at radius 3 is 1.00 bits per heavy atom. The number of pyridine rings is 2. The SMILES string of the molecule is NCCCN(CCCCNc1c2ccccc2nc2ccccc12)CCCCN(CCCN)CCCCNc1c2ccccc2nc2ccccc12. The molecule has 0 radical (unpaired) electrons. The highest BCUT2D eigenvalue weighted by Crippen LogP contribution is 2.32. The lowest BCUT2D eigenvalue weighted by Crippen LogP contribution is -2.31. The number of nitrogens with zero attached hydrogens (tertiary/aromatic N) is 4. The number of aromatic nitrogens is 2. The third-order valence-corrected chi connectivity index (χ3v) is 10.1. The van der Waals surface area contributed by atoms with Crippen molar-refractivity contribution in [1.82, 2.24) is 19.8 Å². The molecule has 274 valence electrons. The summed E-state index contributed by atoms with van der Waals surface area (Å²) in [6.45, 7) is 10.0. The maximum atomic E-state index is 5.93. The predicted molar refractivity (Wildman–Crippen MR) is 223 cm³/mol. The average molecular weight is 699 g/mol. The third kappa shape index (κ3) is 10.2. The summed E-state index contributed by atoms with van der Waals surface area (Å²) < 4.78 is 0. The van der Waals surface area contributed by atoms with E-state index in [-0.39, 0.29) is 0 Å². The topological polar surface area (TPSA) is 108 Å². The molecule has 0 bridgehead atoms. The van der Waals surface area contributed by atoms with Gasteiger partial charge in [-0.3, -0.25) is 0 Å². The molecule has 0 spiro atoms. The van der Waals surface area contributed by atoms with Gasteiger partial charge in [0.05, 0.1) is 33.4 Å². The molecule has 6 aromatic rings. The molecule has 0 fully saturated rings. The number of rotatable bonds is 23. The van der Waals surface area contributed by atoms with Crippen LogP contribution in [0.5, 0.6) is 0 Å². The number of para-hydroxylation sites is 4. The minimum atomic E-state index is 0.746. The lowest BCUT2D eigenvalue weighted by Gasteiger charge is -2.25. The molecule has 0 aliphatic carbocycles. The second kappa shape index (κ2) is 20.0. The second-order valence-corrected chi connectivity index (χ2v) is 14.0. The van der Waals surface area contributed by atoms with E-state index in [1.165, 1.54) is 58.6 Å². The van der Waals surface area contributed by atoms with Crippen LogP contribution in [-0.4, -0.2) is 85.2 Å². The number of nitrogens with two attached hydrogens (primary N) is 2. The number of fused-ring (bicyclic) bond motifs is 4. The summed E-state index contributed by atoms with van der Waals surface area (Å²) in [6, 6.07) is 33.8. The first-order chi connectivity index (χ1) is 25.7. The first-order valence-electron chi connectivity index (χ1n) is 19.6. The van der Waals surface area contributed by atoms with E-state index in [0.29, 0.717) is 0 Å². The van der Waals surface area contributed by atoms with Crippen molar-refractivity contribution in [1.29, 1.82) is 0 Å². The molecular formula is C44H58N8. The Bertz CT molecular complexity index is 1730. The third-order valence-electron chi connectivity index (χ3n) is 10.1. The predicted octanol–water partition coefficient (Wildman–Crippen LogP) is 8.26. The molecule has 0 atom stereocenters. The molecule has 0 unspecified atom stereocenters. The van der Waals surface area contributed by atoms with Crippen molar-refractivity contribution < 1.29 is 0 Å². The van der Waals surface area contributed by atoms with E-state index in [2.05, 4.69) is 117 Å². The van der Waals surface area contributed by atoms with Crippen LogP contribution < -0.4 is 22.1 Å². The normalized spacial score (nSPS) is 11.8. The van der Waals surface area contributed by atoms with Gasteiger partial charge in [-0.15, -0.1) is 0 Å². The number of hydrogen-bond acceptors (Lipinski definition) is 8. The van der Waals surface area contributed by atoms with Crippen molar-refractivity contribution in [2.45, 2.75) is 51.4 Å². The van der Waals surface area contributed by atoms with Crippen molar-refractivity contribution in [3.05, 3.63) is 97.1 Å². The highest BCUT2D eigenvalue weighted by atomic mass is 15.1. The van der Waals surface area contributed by atoms with Gasteiger partial charge in [0.2, 0.25) is 0 Å². The molecule has 2 heterocycles. The number of hydrogen-bond donors (Lipinski definition) is 4. The fourth-order valence-corrected chi connectivity index (χ4v) is 7.38. The summed E-state index contributed by atoms with van der Waals surface area (Å²) in [5.74, 6) is 0. The Hall–Kier alpha value is -4.34. The molecule has 0 aliphatic heterocycles. The van der Waals surface area contributed by atoms with Crippen molar-refractivity contribution in [2.75, 3.05) is 76.1 Å². The molecule has 0 amide bonds. The van der Waals surface area contributed by atoms with E-state index in [1.54, 1.807) is 0 Å². The Labute approximate surface area is 310 Å². The number of unbranched alkanes of at least 4 members (excludes halogenated alkanes) is 3. The highest BCUT2D eigenvalue weighted by molar-refractivity contribution is 6.08. The van der Waals surface area contributed by atoms with Crippen LogP contribution in [0.4, 0.5) is 11.4 Å². The van der Waals surface area contributed by atoms with Crippen LogP contribution >= 0.6 is 0 Å². The van der Waals surface area contributed by atoms with E-state index in [9.17, 15) is 0 Å². The number of benzene rings is 4. The summed E-state index contributed by atoms with van der Waals surface area (Å²) >= 11 is 0. The summed E-state index contributed by atoms with van der Waals surface area (Å²) in [4.78, 5) is 15.0. The van der Waals surface area contributed by atoms with E-state index in [0.717, 1.165) is 113 Å². The molecule has 6 N–H and O–H groups in total. The smallest absolute Gasteiger partial charge is 0.0730 e. The lowest BCUT2D eigenvalue weighted by molar-refractivity contribution is 0.235. The van der Waals surface area contributed by atoms with Gasteiger partial charge in [-0.2, -0.15) is 0 Å². The monoisotopic (exact) mass is 698 g/mol. The second-order valence-electron chi connectivity index (χ2n) is 14.0. The Balaban J connectivity index is 0.924. The fourth-order valence-electron chi connectivity index (χ4n) is 7.38. The van der Waals surface area contributed by atoms with Gasteiger partial charge in [0.25, 0.3) is 0 Å². The lowest BCUT2D eigenvalue weighted by atomic mass is 10.1. The van der Waals surface area contributed by atoms with E-state index < -0.39 is 0 Å². The van der Waals surface area contributed by atoms with Gasteiger partial charge in [-0.1, -0.05) is 72.8 Å². The van der Waals surface area contributed by atoms with Crippen LogP contribution in [0, 0.1) is 0 Å². The Morgan fingerprint density at radius 1 is 0.385 bits per heavy atom. The molecule has 0 saturated carbocycles. The molecule has 0 aliphatic rings. The average Bonchev–Trinajstić information content (AvgIpc) is 3.18. The van der Waals surface area contributed by atoms with Crippen LogP contribution in [0.25, 0.3) is 43.6 Å². The highest BCUT2D eigenvalue weighted by Gasteiger charge is 2.11. The number of nitrogens with one attached hydrogen (secondary N) is 2. The molecular weight excluding hydrogens is 641 g/mol. The van der Waals surface area contributed by atoms with Crippen molar-refractivity contribution in [3.63, 3.8) is 0 Å². The van der Waals surface area contributed by atoms with Gasteiger partial charge in [0, 0.05) is 34.6 Å². The van der Waals surface area contributed by atoms with Gasteiger partial charge >= 0.3 is 0 Å². The van der Waals surface area contributed by atoms with E-state index in [4.69, 9.17) is 21.4 Å². The summed E-state index contributed by atoms with van der Waals surface area (Å²) in [5.41, 5.74) is 18.4. The van der Waals surface area contributed by atoms with Crippen LogP contribution in [0.3, 0.4) is 0 Å². The molecule has 0 saturated heterocycles.